The van der Waals surface area contributed by atoms with Crippen LogP contribution in [0.3, 0.4) is 0 Å². The van der Waals surface area contributed by atoms with E-state index in [9.17, 15) is 42.7 Å². The van der Waals surface area contributed by atoms with E-state index in [4.69, 9.17) is 0 Å². The number of benzene rings is 2. The van der Waals surface area contributed by atoms with Gasteiger partial charge in [-0.2, -0.15) is 0 Å². The van der Waals surface area contributed by atoms with Gasteiger partial charge in [-0.05, 0) is 114 Å². The van der Waals surface area contributed by atoms with Crippen LogP contribution in [-0.2, 0) is 41.9 Å². The van der Waals surface area contributed by atoms with Gasteiger partial charge in [-0.3, -0.25) is 47.9 Å². The monoisotopic (exact) mass is 1170 g/mol. The van der Waals surface area contributed by atoms with Crippen LogP contribution in [0.5, 0.6) is 0 Å². The van der Waals surface area contributed by atoms with Crippen LogP contribution in [0.1, 0.15) is 139 Å². The normalized spacial score (nSPS) is 23.9. The van der Waals surface area contributed by atoms with E-state index in [1.165, 1.54) is 24.3 Å². The van der Waals surface area contributed by atoms with E-state index in [2.05, 4.69) is 62.3 Å². The lowest BCUT2D eigenvalue weighted by Gasteiger charge is -2.36. The first-order valence-corrected chi connectivity index (χ1v) is 30.4. The molecular weight excluding hydrogens is 1080 g/mol. The first-order valence-electron chi connectivity index (χ1n) is 30.4. The van der Waals surface area contributed by atoms with E-state index in [1.807, 2.05) is 6.92 Å². The van der Waals surface area contributed by atoms with Gasteiger partial charge >= 0.3 is 0 Å². The summed E-state index contributed by atoms with van der Waals surface area (Å²) in [7, 11) is 0. The second-order valence-corrected chi connectivity index (χ2v) is 23.2. The molecule has 5 fully saturated rings. The topological polar surface area (TPSA) is 269 Å². The lowest BCUT2D eigenvalue weighted by Crippen LogP contribution is -2.58. The molecule has 10 atom stereocenters. The highest BCUT2D eigenvalue weighted by molar-refractivity contribution is 5.95. The molecule has 25 heteroatoms. The number of fused-ring (bicyclic) bond motifs is 2. The second kappa shape index (κ2) is 29.3. The SMILES string of the molecule is CCCN[C@@H](C)C(=O)N[C@H]1CCCC[C@H]2CC[C@@H](C(=O)N[C@@H](c3ccc(F)cc3)c3cn(CCN4CCN(CCn5cc([C@@H](NC(=O)[C@@H]6CC[C@@H]7CCCC[C@H](NC(=O)[C@H](C)NCCO)C(=O)N76)c6ccc(F)cc6)nn5)CC4)nn3)N2C1=O. The van der Waals surface area contributed by atoms with Crippen molar-refractivity contribution < 1.29 is 42.7 Å². The predicted molar refractivity (Wildman–Crippen MR) is 306 cm³/mol. The molecule has 0 spiro atoms. The third kappa shape index (κ3) is 15.5. The fourth-order valence-corrected chi connectivity index (χ4v) is 12.5. The molecule has 2 aromatic heterocycles. The second-order valence-electron chi connectivity index (χ2n) is 23.2. The van der Waals surface area contributed by atoms with Crippen LogP contribution in [0.4, 0.5) is 8.78 Å². The van der Waals surface area contributed by atoms with Crippen molar-refractivity contribution >= 4 is 35.4 Å². The molecule has 0 radical (unpaired) electrons. The number of hydrogen-bond donors (Lipinski definition) is 7. The van der Waals surface area contributed by atoms with E-state index in [-0.39, 0.29) is 60.7 Å². The van der Waals surface area contributed by atoms with Crippen molar-refractivity contribution in [2.24, 2.45) is 0 Å². The van der Waals surface area contributed by atoms with Crippen molar-refractivity contribution in [2.75, 3.05) is 59.0 Å². The van der Waals surface area contributed by atoms with Gasteiger partial charge in [0.1, 0.15) is 47.2 Å². The zero-order valence-electron chi connectivity index (χ0n) is 48.6. The molecule has 456 valence electrons. The van der Waals surface area contributed by atoms with E-state index >= 15 is 0 Å². The van der Waals surface area contributed by atoms with Crippen LogP contribution in [0.2, 0.25) is 0 Å². The van der Waals surface area contributed by atoms with Crippen LogP contribution >= 0.6 is 0 Å². The Bertz CT molecular complexity index is 2660. The highest BCUT2D eigenvalue weighted by Crippen LogP contribution is 2.34. The average molecular weight is 1170 g/mol. The number of aliphatic hydroxyl groups is 1. The number of carbonyl (C=O) groups excluding carboxylic acids is 6. The number of hydrogen-bond acceptors (Lipinski definition) is 15. The van der Waals surface area contributed by atoms with Crippen LogP contribution in [0.15, 0.2) is 60.9 Å². The van der Waals surface area contributed by atoms with E-state index < -0.39 is 60.0 Å². The number of aliphatic hydroxyl groups excluding tert-OH is 1. The maximum absolute atomic E-state index is 14.4. The fourth-order valence-electron chi connectivity index (χ4n) is 12.5. The minimum atomic E-state index is -0.798. The molecule has 9 rings (SSSR count). The summed E-state index contributed by atoms with van der Waals surface area (Å²) in [5.41, 5.74) is 2.14. The number of carbonyl (C=O) groups is 6. The first kappa shape index (κ1) is 61.8. The molecular formula is C59H84F2N16O7. The molecule has 6 amide bonds. The number of piperazine rings is 1. The minimum Gasteiger partial charge on any atom is -0.395 e. The standard InChI is InChI=1S/C59H84F2N16O7/c1-4-25-62-38(2)54(79)64-46-11-7-5-9-44-21-23-50(76(44)58(46)83)56(81)66-52(40-13-17-42(60)18-14-40)48-36-74(70-68-48)33-31-72-27-29-73(30-28-72)32-34-75-37-49(69-71-75)53(41-15-19-43(61)20-16-41)67-57(82)51-24-22-45-10-6-8-12-47(59(84)77(45)51)65-55(80)39(3)63-26-35-78/h13-20,36-39,44-47,50-53,62-63,78H,4-12,21-35H2,1-3H3,(H,64,79)(H,65,80)(H,66,81)(H,67,82)/t38-,39-,44-,45-,46-,47-,50-,51-,52-,53-/m0/s1. The Balaban J connectivity index is 0.780. The van der Waals surface area contributed by atoms with Gasteiger partial charge in [0.15, 0.2) is 0 Å². The highest BCUT2D eigenvalue weighted by atomic mass is 19.1. The van der Waals surface area contributed by atoms with Gasteiger partial charge in [-0.1, -0.05) is 67.3 Å². The molecule has 0 bridgehead atoms. The van der Waals surface area contributed by atoms with Crippen LogP contribution in [0.25, 0.3) is 0 Å². The van der Waals surface area contributed by atoms with Gasteiger partial charge in [0.2, 0.25) is 35.4 Å². The minimum absolute atomic E-state index is 0.123. The van der Waals surface area contributed by atoms with Crippen molar-refractivity contribution in [3.8, 4) is 0 Å². The summed E-state index contributed by atoms with van der Waals surface area (Å²) in [6, 6.07) is 5.74. The smallest absolute Gasteiger partial charge is 0.246 e. The number of aromatic nitrogens is 6. The summed E-state index contributed by atoms with van der Waals surface area (Å²) in [5.74, 6) is -2.72. The van der Waals surface area contributed by atoms with Crippen molar-refractivity contribution in [1.82, 2.24) is 81.5 Å². The quantitative estimate of drug-likeness (QED) is 0.0530. The van der Waals surface area contributed by atoms with Crippen molar-refractivity contribution in [3.63, 3.8) is 0 Å². The van der Waals surface area contributed by atoms with Crippen LogP contribution in [-0.4, -0.2) is 197 Å². The molecule has 23 nitrogen and oxygen atoms in total. The Morgan fingerprint density at radius 2 is 0.976 bits per heavy atom. The van der Waals surface area contributed by atoms with Gasteiger partial charge in [-0.15, -0.1) is 10.2 Å². The molecule has 2 aromatic carbocycles. The van der Waals surface area contributed by atoms with Gasteiger partial charge in [-0.25, -0.2) is 8.78 Å². The number of halogens is 2. The van der Waals surface area contributed by atoms with Crippen molar-refractivity contribution in [1.29, 1.82) is 0 Å². The molecule has 7 heterocycles. The summed E-state index contributed by atoms with van der Waals surface area (Å²) < 4.78 is 32.0. The third-order valence-electron chi connectivity index (χ3n) is 17.4. The van der Waals surface area contributed by atoms with Crippen molar-refractivity contribution in [2.45, 2.75) is 178 Å². The molecule has 0 saturated carbocycles. The van der Waals surface area contributed by atoms with Gasteiger partial charge in [0, 0.05) is 57.9 Å². The van der Waals surface area contributed by atoms with Crippen molar-refractivity contribution in [3.05, 3.63) is 95.1 Å². The number of rotatable bonds is 24. The highest BCUT2D eigenvalue weighted by Gasteiger charge is 2.46. The molecule has 4 aromatic rings. The summed E-state index contributed by atoms with van der Waals surface area (Å²) >= 11 is 0. The van der Waals surface area contributed by atoms with Gasteiger partial charge in [0.25, 0.3) is 0 Å². The summed E-state index contributed by atoms with van der Waals surface area (Å²) in [6.07, 6.45) is 12.4. The van der Waals surface area contributed by atoms with Crippen LogP contribution < -0.4 is 31.9 Å². The van der Waals surface area contributed by atoms with E-state index in [1.54, 1.807) is 69.7 Å². The van der Waals surface area contributed by atoms with Crippen LogP contribution in [0, 0.1) is 11.6 Å². The molecule has 0 unspecified atom stereocenters. The number of nitrogens with one attached hydrogen (secondary N) is 6. The molecule has 5 saturated heterocycles. The molecule has 5 aliphatic rings. The maximum Gasteiger partial charge on any atom is 0.246 e. The molecule has 5 aliphatic heterocycles. The lowest BCUT2D eigenvalue weighted by molar-refractivity contribution is -0.144. The largest absolute Gasteiger partial charge is 0.395 e. The van der Waals surface area contributed by atoms with E-state index in [0.29, 0.717) is 93.8 Å². The maximum atomic E-state index is 14.4. The third-order valence-corrected chi connectivity index (χ3v) is 17.4. The summed E-state index contributed by atoms with van der Waals surface area (Å²) in [4.78, 5) is 91.5. The fraction of sp³-hybridized carbons (Fsp3) is 0.627. The predicted octanol–water partition coefficient (Wildman–Crippen LogP) is 2.07. The molecule has 0 aliphatic carbocycles. The Labute approximate surface area is 489 Å². The molecule has 7 N–H and O–H groups in total. The zero-order valence-corrected chi connectivity index (χ0v) is 48.6. The lowest BCUT2D eigenvalue weighted by atomic mass is 9.98. The Morgan fingerprint density at radius 3 is 1.38 bits per heavy atom. The zero-order chi connectivity index (χ0) is 59.3. The number of nitrogens with zero attached hydrogens (tertiary/aromatic N) is 10. The Hall–Kier alpha value is -6.80. The van der Waals surface area contributed by atoms with Gasteiger partial charge in [0.05, 0.1) is 56.3 Å². The molecule has 84 heavy (non-hydrogen) atoms. The average Bonchev–Trinajstić information content (AvgIpc) is 3.24. The Morgan fingerprint density at radius 1 is 0.571 bits per heavy atom. The van der Waals surface area contributed by atoms with E-state index in [0.717, 1.165) is 71.1 Å². The summed E-state index contributed by atoms with van der Waals surface area (Å²) in [6.45, 7) is 11.8. The van der Waals surface area contributed by atoms with Gasteiger partial charge < -0.3 is 46.8 Å². The first-order chi connectivity index (χ1) is 40.7. The Kier molecular flexibility index (Phi) is 21.6. The number of amides is 6. The summed E-state index contributed by atoms with van der Waals surface area (Å²) in [5, 5.41) is 45.4.